The van der Waals surface area contributed by atoms with Crippen LogP contribution < -0.4 is 16.6 Å². The minimum Gasteiger partial charge on any atom is -0.369 e. The minimum atomic E-state index is 0.281. The highest BCUT2D eigenvalue weighted by Gasteiger charge is 2.27. The van der Waals surface area contributed by atoms with Gasteiger partial charge in [-0.2, -0.15) is 0 Å². The normalized spacial score (nSPS) is 17.8. The predicted octanol–water partition coefficient (Wildman–Crippen LogP) is 3.58. The Hall–Kier alpha value is -1.36. The molecule has 2 rings (SSSR count). The van der Waals surface area contributed by atoms with E-state index in [2.05, 4.69) is 41.5 Å². The minimum absolute atomic E-state index is 0.281. The lowest BCUT2D eigenvalue weighted by molar-refractivity contribution is 0.233. The van der Waals surface area contributed by atoms with Gasteiger partial charge in [-0.15, -0.1) is 0 Å². The second kappa shape index (κ2) is 6.60. The molecule has 1 saturated carbocycles. The van der Waals surface area contributed by atoms with Crippen molar-refractivity contribution in [3.63, 3.8) is 0 Å². The summed E-state index contributed by atoms with van der Waals surface area (Å²) < 4.78 is 0. The van der Waals surface area contributed by atoms with Crippen LogP contribution in [-0.2, 0) is 0 Å². The van der Waals surface area contributed by atoms with Crippen LogP contribution in [0.1, 0.15) is 70.2 Å². The van der Waals surface area contributed by atoms with Gasteiger partial charge >= 0.3 is 0 Å². The molecule has 0 radical (unpaired) electrons. The zero-order valence-corrected chi connectivity index (χ0v) is 13.8. The number of nitrogen functional groups attached to an aromatic ring is 1. The number of anilines is 2. The first kappa shape index (κ1) is 16.0. The van der Waals surface area contributed by atoms with Crippen LogP contribution in [0, 0.1) is 12.3 Å². The van der Waals surface area contributed by atoms with E-state index in [1.807, 2.05) is 6.92 Å². The molecule has 1 aliphatic rings. The Balaban J connectivity index is 2.16. The fraction of sp³-hybridized carbons (Fsp3) is 0.750. The second-order valence-corrected chi connectivity index (χ2v) is 6.93. The topological polar surface area (TPSA) is 75.9 Å². The van der Waals surface area contributed by atoms with E-state index in [1.165, 1.54) is 32.1 Å². The molecule has 1 heterocycles. The van der Waals surface area contributed by atoms with Crippen molar-refractivity contribution in [3.8, 4) is 0 Å². The average molecular weight is 291 g/mol. The summed E-state index contributed by atoms with van der Waals surface area (Å²) in [4.78, 5) is 9.15. The maximum Gasteiger partial charge on any atom is 0.148 e. The van der Waals surface area contributed by atoms with Crippen molar-refractivity contribution in [2.45, 2.75) is 65.7 Å². The Morgan fingerprint density at radius 1 is 1.14 bits per heavy atom. The third-order valence-corrected chi connectivity index (χ3v) is 4.56. The number of nitrogens with two attached hydrogens (primary N) is 1. The molecule has 0 unspecified atom stereocenters. The van der Waals surface area contributed by atoms with E-state index in [1.54, 1.807) is 0 Å². The van der Waals surface area contributed by atoms with Crippen LogP contribution in [0.4, 0.5) is 11.6 Å². The van der Waals surface area contributed by atoms with E-state index in [-0.39, 0.29) is 5.92 Å². The summed E-state index contributed by atoms with van der Waals surface area (Å²) in [7, 11) is 0. The fourth-order valence-corrected chi connectivity index (χ4v) is 2.98. The molecule has 0 bridgehead atoms. The van der Waals surface area contributed by atoms with Gasteiger partial charge in [-0.25, -0.2) is 15.8 Å². The largest absolute Gasteiger partial charge is 0.369 e. The molecule has 0 spiro atoms. The molecule has 0 saturated heterocycles. The van der Waals surface area contributed by atoms with Crippen LogP contribution in [-0.4, -0.2) is 16.5 Å². The maximum atomic E-state index is 5.59. The van der Waals surface area contributed by atoms with Gasteiger partial charge in [0, 0.05) is 18.0 Å². The molecule has 5 nitrogen and oxygen atoms in total. The molecular formula is C16H29N5. The standard InChI is InChI=1S/C16H29N5/c1-11(2)13-19-14(12(3)15(20-13)21-17)18-10-16(4)8-6-5-7-9-16/h11H,5-10,17H2,1-4H3,(H2,18,19,20,21). The monoisotopic (exact) mass is 291 g/mol. The van der Waals surface area contributed by atoms with E-state index >= 15 is 0 Å². The van der Waals surface area contributed by atoms with Gasteiger partial charge in [0.1, 0.15) is 17.5 Å². The summed E-state index contributed by atoms with van der Waals surface area (Å²) in [6.45, 7) is 9.53. The van der Waals surface area contributed by atoms with Gasteiger partial charge in [-0.3, -0.25) is 0 Å². The van der Waals surface area contributed by atoms with E-state index in [0.29, 0.717) is 11.2 Å². The third kappa shape index (κ3) is 3.84. The fourth-order valence-electron chi connectivity index (χ4n) is 2.98. The Morgan fingerprint density at radius 2 is 1.76 bits per heavy atom. The molecule has 5 heteroatoms. The van der Waals surface area contributed by atoms with Crippen molar-refractivity contribution in [1.82, 2.24) is 9.97 Å². The quantitative estimate of drug-likeness (QED) is 0.571. The van der Waals surface area contributed by atoms with Gasteiger partial charge in [0.25, 0.3) is 0 Å². The van der Waals surface area contributed by atoms with E-state index in [0.717, 1.165) is 23.8 Å². The second-order valence-electron chi connectivity index (χ2n) is 6.93. The molecule has 0 aliphatic heterocycles. The van der Waals surface area contributed by atoms with Gasteiger partial charge in [-0.05, 0) is 25.2 Å². The maximum absolute atomic E-state index is 5.59. The summed E-state index contributed by atoms with van der Waals surface area (Å²) >= 11 is 0. The number of nitrogens with zero attached hydrogens (tertiary/aromatic N) is 2. The first-order valence-electron chi connectivity index (χ1n) is 8.04. The van der Waals surface area contributed by atoms with Gasteiger partial charge in [-0.1, -0.05) is 40.0 Å². The van der Waals surface area contributed by atoms with E-state index < -0.39 is 0 Å². The summed E-state index contributed by atoms with van der Waals surface area (Å²) in [5, 5.41) is 3.55. The lowest BCUT2D eigenvalue weighted by Gasteiger charge is -2.34. The molecule has 21 heavy (non-hydrogen) atoms. The highest BCUT2D eigenvalue weighted by Crippen LogP contribution is 2.36. The van der Waals surface area contributed by atoms with E-state index in [9.17, 15) is 0 Å². The number of hydrogen-bond donors (Lipinski definition) is 3. The van der Waals surface area contributed by atoms with Gasteiger partial charge in [0.2, 0.25) is 0 Å². The van der Waals surface area contributed by atoms with Crippen molar-refractivity contribution in [2.75, 3.05) is 17.3 Å². The summed E-state index contributed by atoms with van der Waals surface area (Å²) in [5.41, 5.74) is 4.05. The van der Waals surface area contributed by atoms with Gasteiger partial charge in [0.15, 0.2) is 0 Å². The lowest BCUT2D eigenvalue weighted by atomic mass is 9.76. The molecule has 0 atom stereocenters. The van der Waals surface area contributed by atoms with Gasteiger partial charge in [0.05, 0.1) is 0 Å². The van der Waals surface area contributed by atoms with Crippen molar-refractivity contribution in [1.29, 1.82) is 0 Å². The first-order chi connectivity index (χ1) is 9.95. The highest BCUT2D eigenvalue weighted by molar-refractivity contribution is 5.57. The lowest BCUT2D eigenvalue weighted by Crippen LogP contribution is -2.29. The zero-order chi connectivity index (χ0) is 15.5. The summed E-state index contributed by atoms with van der Waals surface area (Å²) in [5.74, 6) is 8.31. The summed E-state index contributed by atoms with van der Waals surface area (Å²) in [6.07, 6.45) is 6.65. The van der Waals surface area contributed by atoms with Crippen molar-refractivity contribution in [2.24, 2.45) is 11.3 Å². The van der Waals surface area contributed by atoms with Crippen LogP contribution in [0.2, 0.25) is 0 Å². The molecule has 0 amide bonds. The molecule has 0 aromatic carbocycles. The van der Waals surface area contributed by atoms with Crippen LogP contribution in [0.15, 0.2) is 0 Å². The molecule has 1 aliphatic carbocycles. The van der Waals surface area contributed by atoms with Crippen molar-refractivity contribution < 1.29 is 0 Å². The first-order valence-corrected chi connectivity index (χ1v) is 8.04. The highest BCUT2D eigenvalue weighted by atomic mass is 15.3. The van der Waals surface area contributed by atoms with Crippen molar-refractivity contribution in [3.05, 3.63) is 11.4 Å². The van der Waals surface area contributed by atoms with Crippen LogP contribution in [0.5, 0.6) is 0 Å². The average Bonchev–Trinajstić information content (AvgIpc) is 2.46. The Labute approximate surface area is 128 Å². The number of hydrazine groups is 1. The molecule has 1 aromatic heterocycles. The van der Waals surface area contributed by atoms with Crippen LogP contribution in [0.3, 0.4) is 0 Å². The molecular weight excluding hydrogens is 262 g/mol. The Morgan fingerprint density at radius 3 is 2.33 bits per heavy atom. The predicted molar refractivity (Wildman–Crippen MR) is 88.3 cm³/mol. The SMILES string of the molecule is Cc1c(NN)nc(C(C)C)nc1NCC1(C)CCCCC1. The smallest absolute Gasteiger partial charge is 0.148 e. The van der Waals surface area contributed by atoms with Crippen molar-refractivity contribution >= 4 is 11.6 Å². The molecule has 118 valence electrons. The number of rotatable bonds is 5. The third-order valence-electron chi connectivity index (χ3n) is 4.56. The number of hydrogen-bond acceptors (Lipinski definition) is 5. The zero-order valence-electron chi connectivity index (χ0n) is 13.8. The van der Waals surface area contributed by atoms with Crippen LogP contribution in [0.25, 0.3) is 0 Å². The van der Waals surface area contributed by atoms with Gasteiger partial charge < -0.3 is 10.7 Å². The Bertz CT molecular complexity index is 478. The summed E-state index contributed by atoms with van der Waals surface area (Å²) in [6, 6.07) is 0. The number of nitrogens with one attached hydrogen (secondary N) is 2. The Kier molecular flexibility index (Phi) is 5.04. The molecule has 4 N–H and O–H groups in total. The van der Waals surface area contributed by atoms with Crippen LogP contribution >= 0.6 is 0 Å². The molecule has 1 aromatic rings. The molecule has 1 fully saturated rings. The van der Waals surface area contributed by atoms with E-state index in [4.69, 9.17) is 5.84 Å². The number of aromatic nitrogens is 2.